The van der Waals surface area contributed by atoms with Crippen LogP contribution in [-0.4, -0.2) is 32.5 Å². The second kappa shape index (κ2) is 9.18. The van der Waals surface area contributed by atoms with E-state index in [1.54, 1.807) is 14.2 Å². The van der Waals surface area contributed by atoms with Gasteiger partial charge >= 0.3 is 0 Å². The van der Waals surface area contributed by atoms with Gasteiger partial charge in [0.05, 0.1) is 14.2 Å². The van der Waals surface area contributed by atoms with E-state index in [1.165, 1.54) is 0 Å². The number of rotatable bonds is 9. The van der Waals surface area contributed by atoms with Gasteiger partial charge in [-0.25, -0.2) is 0 Å². The molecule has 0 spiro atoms. The second-order valence-electron chi connectivity index (χ2n) is 4.26. The maximum absolute atomic E-state index is 8.69. The number of ether oxygens (including phenoxy) is 2. The van der Waals surface area contributed by atoms with E-state index < -0.39 is 0 Å². The van der Waals surface area contributed by atoms with Crippen molar-refractivity contribution in [2.45, 2.75) is 25.8 Å². The average Bonchev–Trinajstić information content (AvgIpc) is 2.43. The van der Waals surface area contributed by atoms with E-state index in [4.69, 9.17) is 14.6 Å². The lowest BCUT2D eigenvalue weighted by molar-refractivity contribution is 0.283. The Balaban J connectivity index is 2.49. The van der Waals surface area contributed by atoms with E-state index in [-0.39, 0.29) is 6.61 Å². The van der Waals surface area contributed by atoms with Gasteiger partial charge in [-0.1, -0.05) is 15.9 Å². The van der Waals surface area contributed by atoms with Crippen molar-refractivity contribution in [1.29, 1.82) is 0 Å². The molecule has 19 heavy (non-hydrogen) atoms. The molecular formula is C14H22BrNO3. The van der Waals surface area contributed by atoms with Crippen molar-refractivity contribution in [3.8, 4) is 11.5 Å². The first-order chi connectivity index (χ1) is 9.22. The smallest absolute Gasteiger partial charge is 0.161 e. The molecule has 0 saturated heterocycles. The highest BCUT2D eigenvalue weighted by Crippen LogP contribution is 2.33. The molecule has 0 atom stereocenters. The summed E-state index contributed by atoms with van der Waals surface area (Å²) in [7, 11) is 3.27. The van der Waals surface area contributed by atoms with Crippen LogP contribution in [0.3, 0.4) is 0 Å². The Bertz CT molecular complexity index is 385. The Hall–Kier alpha value is -0.780. The summed E-state index contributed by atoms with van der Waals surface area (Å²) in [6.07, 6.45) is 3.00. The van der Waals surface area contributed by atoms with E-state index in [2.05, 4.69) is 21.2 Å². The van der Waals surface area contributed by atoms with Gasteiger partial charge in [0.25, 0.3) is 0 Å². The van der Waals surface area contributed by atoms with Gasteiger partial charge in [0, 0.05) is 17.6 Å². The minimum atomic E-state index is 0.279. The van der Waals surface area contributed by atoms with Crippen molar-refractivity contribution in [1.82, 2.24) is 5.32 Å². The summed E-state index contributed by atoms with van der Waals surface area (Å²) in [4.78, 5) is 0. The van der Waals surface area contributed by atoms with Gasteiger partial charge in [0.2, 0.25) is 0 Å². The zero-order valence-electron chi connectivity index (χ0n) is 11.5. The first-order valence-corrected chi connectivity index (χ1v) is 7.24. The maximum atomic E-state index is 8.69. The van der Waals surface area contributed by atoms with Crippen LogP contribution in [0.2, 0.25) is 0 Å². The van der Waals surface area contributed by atoms with Crippen molar-refractivity contribution < 1.29 is 14.6 Å². The molecule has 2 N–H and O–H groups in total. The highest BCUT2D eigenvalue weighted by atomic mass is 79.9. The normalized spacial score (nSPS) is 10.5. The van der Waals surface area contributed by atoms with Crippen LogP contribution >= 0.6 is 15.9 Å². The molecule has 1 aromatic rings. The quantitative estimate of drug-likeness (QED) is 0.683. The third kappa shape index (κ3) is 5.38. The largest absolute Gasteiger partial charge is 0.493 e. The molecule has 0 bridgehead atoms. The predicted molar refractivity (Wildman–Crippen MR) is 79.9 cm³/mol. The summed E-state index contributed by atoms with van der Waals surface area (Å²) < 4.78 is 11.5. The van der Waals surface area contributed by atoms with Crippen LogP contribution in [0.4, 0.5) is 0 Å². The Kier molecular flexibility index (Phi) is 7.86. The molecule has 4 nitrogen and oxygen atoms in total. The van der Waals surface area contributed by atoms with E-state index in [0.29, 0.717) is 0 Å². The molecule has 108 valence electrons. The van der Waals surface area contributed by atoms with Gasteiger partial charge in [-0.2, -0.15) is 0 Å². The van der Waals surface area contributed by atoms with Gasteiger partial charge in [0.15, 0.2) is 11.5 Å². The summed E-state index contributed by atoms with van der Waals surface area (Å²) in [5.74, 6) is 1.46. The molecule has 0 aliphatic carbocycles. The third-order valence-corrected chi connectivity index (χ3v) is 3.62. The maximum Gasteiger partial charge on any atom is 0.161 e. The zero-order chi connectivity index (χ0) is 14.1. The SMILES string of the molecule is COc1cc(Br)c(CNCCCCCO)cc1OC. The Morgan fingerprint density at radius 2 is 1.79 bits per heavy atom. The number of halogens is 1. The highest BCUT2D eigenvalue weighted by molar-refractivity contribution is 9.10. The predicted octanol–water partition coefficient (Wildman–Crippen LogP) is 2.72. The molecule has 1 aromatic carbocycles. The van der Waals surface area contributed by atoms with E-state index in [0.717, 1.165) is 53.9 Å². The number of hydrogen-bond acceptors (Lipinski definition) is 4. The van der Waals surface area contributed by atoms with Gasteiger partial charge in [0.1, 0.15) is 0 Å². The Morgan fingerprint density at radius 3 is 2.42 bits per heavy atom. The molecule has 0 saturated carbocycles. The molecule has 0 radical (unpaired) electrons. The average molecular weight is 332 g/mol. The van der Waals surface area contributed by atoms with Crippen LogP contribution in [0.15, 0.2) is 16.6 Å². The molecule has 0 amide bonds. The summed E-state index contributed by atoms with van der Waals surface area (Å²) in [5, 5.41) is 12.1. The minimum absolute atomic E-state index is 0.279. The fourth-order valence-electron chi connectivity index (χ4n) is 1.79. The van der Waals surface area contributed by atoms with E-state index in [9.17, 15) is 0 Å². The number of methoxy groups -OCH3 is 2. The van der Waals surface area contributed by atoms with Crippen LogP contribution in [0.5, 0.6) is 11.5 Å². The van der Waals surface area contributed by atoms with Crippen molar-refractivity contribution in [3.05, 3.63) is 22.2 Å². The van der Waals surface area contributed by atoms with Crippen LogP contribution in [0.1, 0.15) is 24.8 Å². The van der Waals surface area contributed by atoms with Gasteiger partial charge in [-0.05, 0) is 43.5 Å². The molecular weight excluding hydrogens is 310 g/mol. The molecule has 1 rings (SSSR count). The van der Waals surface area contributed by atoms with Crippen LogP contribution in [-0.2, 0) is 6.54 Å². The lowest BCUT2D eigenvalue weighted by atomic mass is 10.2. The summed E-state index contributed by atoms with van der Waals surface area (Å²) in [5.41, 5.74) is 1.14. The van der Waals surface area contributed by atoms with Crippen molar-refractivity contribution in [2.75, 3.05) is 27.4 Å². The van der Waals surface area contributed by atoms with Gasteiger partial charge in [-0.3, -0.25) is 0 Å². The van der Waals surface area contributed by atoms with Crippen LogP contribution < -0.4 is 14.8 Å². The number of aliphatic hydroxyl groups excluding tert-OH is 1. The molecule has 0 fully saturated rings. The molecule has 0 aliphatic heterocycles. The number of nitrogens with one attached hydrogen (secondary N) is 1. The summed E-state index contributed by atoms with van der Waals surface area (Å²) >= 11 is 3.54. The number of aliphatic hydroxyl groups is 1. The van der Waals surface area contributed by atoms with Crippen molar-refractivity contribution >= 4 is 15.9 Å². The lowest BCUT2D eigenvalue weighted by Gasteiger charge is -2.12. The third-order valence-electron chi connectivity index (χ3n) is 2.88. The van der Waals surface area contributed by atoms with E-state index >= 15 is 0 Å². The zero-order valence-corrected chi connectivity index (χ0v) is 13.1. The van der Waals surface area contributed by atoms with Crippen LogP contribution in [0.25, 0.3) is 0 Å². The van der Waals surface area contributed by atoms with Crippen molar-refractivity contribution in [2.24, 2.45) is 0 Å². The molecule has 0 aromatic heterocycles. The number of hydrogen-bond donors (Lipinski definition) is 2. The van der Waals surface area contributed by atoms with E-state index in [1.807, 2.05) is 12.1 Å². The monoisotopic (exact) mass is 331 g/mol. The first-order valence-electron chi connectivity index (χ1n) is 6.45. The second-order valence-corrected chi connectivity index (χ2v) is 5.11. The molecule has 0 heterocycles. The molecule has 5 heteroatoms. The van der Waals surface area contributed by atoms with Gasteiger partial charge in [-0.15, -0.1) is 0 Å². The molecule has 0 unspecified atom stereocenters. The Labute approximate surface area is 123 Å². The topological polar surface area (TPSA) is 50.7 Å². The standard InChI is InChI=1S/C14H22BrNO3/c1-18-13-8-11(12(15)9-14(13)19-2)10-16-6-4-3-5-7-17/h8-9,16-17H,3-7,10H2,1-2H3. The number of benzene rings is 1. The van der Waals surface area contributed by atoms with Crippen molar-refractivity contribution in [3.63, 3.8) is 0 Å². The number of unbranched alkanes of at least 4 members (excludes halogenated alkanes) is 2. The highest BCUT2D eigenvalue weighted by Gasteiger charge is 2.08. The van der Waals surface area contributed by atoms with Gasteiger partial charge < -0.3 is 19.9 Å². The molecule has 0 aliphatic rings. The minimum Gasteiger partial charge on any atom is -0.493 e. The summed E-state index contributed by atoms with van der Waals surface area (Å²) in [6.45, 7) is 2.00. The fraction of sp³-hybridized carbons (Fsp3) is 0.571. The van der Waals surface area contributed by atoms with Crippen LogP contribution in [0, 0.1) is 0 Å². The lowest BCUT2D eigenvalue weighted by Crippen LogP contribution is -2.15. The first kappa shape index (κ1) is 16.3. The fourth-order valence-corrected chi connectivity index (χ4v) is 2.26. The Morgan fingerprint density at radius 1 is 1.11 bits per heavy atom. The summed E-state index contributed by atoms with van der Waals surface area (Å²) in [6, 6.07) is 3.89.